The Morgan fingerprint density at radius 2 is 2.33 bits per heavy atom. The number of aliphatic carboxylic acids is 1. The Labute approximate surface area is 86.4 Å². The molecular formula is C8H13N3O4. The molecule has 0 saturated carbocycles. The van der Waals surface area contributed by atoms with Crippen LogP contribution in [0.3, 0.4) is 0 Å². The van der Waals surface area contributed by atoms with Gasteiger partial charge in [0.2, 0.25) is 5.91 Å². The van der Waals surface area contributed by atoms with Gasteiger partial charge in [0, 0.05) is 20.1 Å². The number of nitrogens with one attached hydrogen (secondary N) is 2. The molecule has 0 radical (unpaired) electrons. The first-order valence-corrected chi connectivity index (χ1v) is 4.54. The standard InChI is InChI=1S/C8H13N3O4/c1-9-8(15)11-3-2-10-7(14)5(11)4-6(12)13/h5H,2-4H2,1H3,(H,9,15)(H,10,14)(H,12,13). The van der Waals surface area contributed by atoms with Crippen molar-refractivity contribution in [1.29, 1.82) is 0 Å². The van der Waals surface area contributed by atoms with Crippen molar-refractivity contribution in [1.82, 2.24) is 15.5 Å². The SMILES string of the molecule is CNC(=O)N1CCNC(=O)C1CC(=O)O. The van der Waals surface area contributed by atoms with E-state index in [1.165, 1.54) is 11.9 Å². The lowest BCUT2D eigenvalue weighted by molar-refractivity contribution is -0.142. The molecule has 7 heteroatoms. The molecule has 1 rings (SSSR count). The number of carboxylic acid groups (broad SMARTS) is 1. The van der Waals surface area contributed by atoms with Gasteiger partial charge in [-0.1, -0.05) is 0 Å². The van der Waals surface area contributed by atoms with E-state index in [0.29, 0.717) is 13.1 Å². The summed E-state index contributed by atoms with van der Waals surface area (Å²) in [7, 11) is 1.44. The Balaban J connectivity index is 2.77. The lowest BCUT2D eigenvalue weighted by Crippen LogP contribution is -2.59. The van der Waals surface area contributed by atoms with Gasteiger partial charge in [-0.2, -0.15) is 0 Å². The molecule has 1 fully saturated rings. The molecule has 15 heavy (non-hydrogen) atoms. The molecule has 1 atom stereocenters. The maximum Gasteiger partial charge on any atom is 0.317 e. The summed E-state index contributed by atoms with van der Waals surface area (Å²) in [5, 5.41) is 13.5. The third kappa shape index (κ3) is 2.58. The maximum absolute atomic E-state index is 11.4. The third-order valence-corrected chi connectivity index (χ3v) is 2.17. The zero-order chi connectivity index (χ0) is 11.4. The Morgan fingerprint density at radius 1 is 1.67 bits per heavy atom. The highest BCUT2D eigenvalue weighted by Crippen LogP contribution is 2.08. The molecule has 1 aliphatic rings. The van der Waals surface area contributed by atoms with E-state index in [1.54, 1.807) is 0 Å². The van der Waals surface area contributed by atoms with Crippen molar-refractivity contribution in [2.45, 2.75) is 12.5 Å². The fourth-order valence-corrected chi connectivity index (χ4v) is 1.47. The molecule has 0 bridgehead atoms. The Bertz CT molecular complexity index is 292. The number of nitrogens with zero attached hydrogens (tertiary/aromatic N) is 1. The lowest BCUT2D eigenvalue weighted by atomic mass is 10.1. The van der Waals surface area contributed by atoms with Gasteiger partial charge >= 0.3 is 12.0 Å². The summed E-state index contributed by atoms with van der Waals surface area (Å²) in [4.78, 5) is 34.5. The predicted octanol–water partition coefficient (Wildman–Crippen LogP) is -1.40. The summed E-state index contributed by atoms with van der Waals surface area (Å²) in [5.41, 5.74) is 0. The van der Waals surface area contributed by atoms with Crippen LogP contribution in [0.1, 0.15) is 6.42 Å². The number of hydrogen-bond acceptors (Lipinski definition) is 3. The van der Waals surface area contributed by atoms with E-state index in [-0.39, 0.29) is 6.42 Å². The number of amides is 3. The van der Waals surface area contributed by atoms with Crippen molar-refractivity contribution in [2.24, 2.45) is 0 Å². The largest absolute Gasteiger partial charge is 0.481 e. The molecule has 0 aliphatic carbocycles. The highest BCUT2D eigenvalue weighted by Gasteiger charge is 2.34. The third-order valence-electron chi connectivity index (χ3n) is 2.17. The van der Waals surface area contributed by atoms with Gasteiger partial charge in [-0.15, -0.1) is 0 Å². The fourth-order valence-electron chi connectivity index (χ4n) is 1.47. The molecule has 7 nitrogen and oxygen atoms in total. The second kappa shape index (κ2) is 4.63. The second-order valence-corrected chi connectivity index (χ2v) is 3.15. The van der Waals surface area contributed by atoms with Gasteiger partial charge in [0.1, 0.15) is 6.04 Å². The van der Waals surface area contributed by atoms with Crippen LogP contribution in [0.15, 0.2) is 0 Å². The number of rotatable bonds is 2. The normalized spacial score (nSPS) is 20.7. The van der Waals surface area contributed by atoms with Gasteiger partial charge in [-0.3, -0.25) is 9.59 Å². The number of carbonyl (C=O) groups is 3. The maximum atomic E-state index is 11.4. The average molecular weight is 215 g/mol. The molecule has 0 aromatic carbocycles. The number of piperazine rings is 1. The molecule has 0 spiro atoms. The van der Waals surface area contributed by atoms with Crippen molar-refractivity contribution in [3.8, 4) is 0 Å². The van der Waals surface area contributed by atoms with E-state index in [4.69, 9.17) is 5.11 Å². The van der Waals surface area contributed by atoms with E-state index in [9.17, 15) is 14.4 Å². The zero-order valence-electron chi connectivity index (χ0n) is 8.32. The van der Waals surface area contributed by atoms with Crippen molar-refractivity contribution in [3.63, 3.8) is 0 Å². The van der Waals surface area contributed by atoms with Crippen LogP contribution < -0.4 is 10.6 Å². The Hall–Kier alpha value is -1.79. The minimum atomic E-state index is -1.11. The van der Waals surface area contributed by atoms with Gasteiger partial charge < -0.3 is 20.6 Å². The van der Waals surface area contributed by atoms with Crippen LogP contribution in [0.5, 0.6) is 0 Å². The summed E-state index contributed by atoms with van der Waals surface area (Å²) in [5.74, 6) is -1.53. The first kappa shape index (κ1) is 11.3. The molecule has 0 aromatic rings. The molecule has 1 aliphatic heterocycles. The van der Waals surface area contributed by atoms with Gasteiger partial charge in [-0.05, 0) is 0 Å². The monoisotopic (exact) mass is 215 g/mol. The topological polar surface area (TPSA) is 98.7 Å². The number of hydrogen-bond donors (Lipinski definition) is 3. The van der Waals surface area contributed by atoms with Gasteiger partial charge in [0.25, 0.3) is 0 Å². The minimum Gasteiger partial charge on any atom is -0.481 e. The molecule has 0 aromatic heterocycles. The molecular weight excluding hydrogens is 202 g/mol. The molecule has 3 N–H and O–H groups in total. The summed E-state index contributed by atoms with van der Waals surface area (Å²) >= 11 is 0. The molecule has 1 heterocycles. The summed E-state index contributed by atoms with van der Waals surface area (Å²) in [6.45, 7) is 0.672. The van der Waals surface area contributed by atoms with Crippen LogP contribution >= 0.6 is 0 Å². The number of carboxylic acids is 1. The fraction of sp³-hybridized carbons (Fsp3) is 0.625. The molecule has 1 saturated heterocycles. The first-order chi connectivity index (χ1) is 7.06. The zero-order valence-corrected chi connectivity index (χ0v) is 8.32. The van der Waals surface area contributed by atoms with Crippen LogP contribution in [0, 0.1) is 0 Å². The van der Waals surface area contributed by atoms with Gasteiger partial charge in [0.05, 0.1) is 6.42 Å². The van der Waals surface area contributed by atoms with Crippen molar-refractivity contribution in [3.05, 3.63) is 0 Å². The number of urea groups is 1. The van der Waals surface area contributed by atoms with Crippen molar-refractivity contribution in [2.75, 3.05) is 20.1 Å². The van der Waals surface area contributed by atoms with Crippen LogP contribution in [0.2, 0.25) is 0 Å². The summed E-state index contributed by atoms with van der Waals surface area (Å²) in [6, 6.07) is -1.35. The van der Waals surface area contributed by atoms with Crippen molar-refractivity contribution >= 4 is 17.9 Å². The van der Waals surface area contributed by atoms with Gasteiger partial charge in [0.15, 0.2) is 0 Å². The van der Waals surface area contributed by atoms with Crippen LogP contribution in [0.4, 0.5) is 4.79 Å². The van der Waals surface area contributed by atoms with E-state index in [1.807, 2.05) is 0 Å². The lowest BCUT2D eigenvalue weighted by Gasteiger charge is -2.33. The highest BCUT2D eigenvalue weighted by atomic mass is 16.4. The predicted molar refractivity (Wildman–Crippen MR) is 50.2 cm³/mol. The molecule has 84 valence electrons. The van der Waals surface area contributed by atoms with Crippen LogP contribution in [0.25, 0.3) is 0 Å². The Morgan fingerprint density at radius 3 is 2.87 bits per heavy atom. The highest BCUT2D eigenvalue weighted by molar-refractivity contribution is 5.91. The van der Waals surface area contributed by atoms with E-state index < -0.39 is 23.9 Å². The van der Waals surface area contributed by atoms with E-state index >= 15 is 0 Å². The second-order valence-electron chi connectivity index (χ2n) is 3.15. The van der Waals surface area contributed by atoms with Gasteiger partial charge in [-0.25, -0.2) is 4.79 Å². The smallest absolute Gasteiger partial charge is 0.317 e. The number of carbonyl (C=O) groups excluding carboxylic acids is 2. The van der Waals surface area contributed by atoms with Crippen LogP contribution in [-0.2, 0) is 9.59 Å². The van der Waals surface area contributed by atoms with E-state index in [2.05, 4.69) is 10.6 Å². The first-order valence-electron chi connectivity index (χ1n) is 4.54. The summed E-state index contributed by atoms with van der Waals surface area (Å²) < 4.78 is 0. The van der Waals surface area contributed by atoms with Crippen LogP contribution in [-0.4, -0.2) is 54.1 Å². The quantitative estimate of drug-likeness (QED) is 0.527. The molecule has 1 unspecified atom stereocenters. The Kier molecular flexibility index (Phi) is 3.48. The minimum absolute atomic E-state index is 0.323. The van der Waals surface area contributed by atoms with E-state index in [0.717, 1.165) is 0 Å². The van der Waals surface area contributed by atoms with Crippen molar-refractivity contribution < 1.29 is 19.5 Å². The molecule has 3 amide bonds. The summed E-state index contributed by atoms with van der Waals surface area (Å²) in [6.07, 6.45) is -0.376. The average Bonchev–Trinajstić information content (AvgIpc) is 2.19.